The maximum Gasteiger partial charge on any atom is 0.0743 e. The van der Waals surface area contributed by atoms with Crippen LogP contribution in [0.2, 0.25) is 0 Å². The van der Waals surface area contributed by atoms with Gasteiger partial charge in [-0.1, -0.05) is 18.2 Å². The summed E-state index contributed by atoms with van der Waals surface area (Å²) in [5.74, 6) is 0. The molecule has 0 aliphatic carbocycles. The third-order valence-corrected chi connectivity index (χ3v) is 2.38. The number of nitrogens with two attached hydrogens (primary N) is 1. The molecule has 0 saturated carbocycles. The molecule has 0 saturated heterocycles. The van der Waals surface area contributed by atoms with Gasteiger partial charge in [-0.05, 0) is 13.0 Å². The van der Waals surface area contributed by atoms with E-state index in [1.165, 1.54) is 0 Å². The van der Waals surface area contributed by atoms with Crippen molar-refractivity contribution in [3.05, 3.63) is 30.5 Å². The van der Waals surface area contributed by atoms with E-state index in [4.69, 9.17) is 5.73 Å². The summed E-state index contributed by atoms with van der Waals surface area (Å²) in [6.07, 6.45) is 1.22. The molecule has 1 aromatic carbocycles. The number of hydrogen-bond donors (Lipinski definition) is 3. The number of fused-ring (bicyclic) bond motifs is 1. The Morgan fingerprint density at radius 3 is 2.94 bits per heavy atom. The van der Waals surface area contributed by atoms with Gasteiger partial charge in [0.25, 0.3) is 0 Å². The standard InChI is InChI=1S/C12H15N3O/c1-8(16)6-15-12-9-4-2-3-5-11(9)14-7-10(12)13/h2-5,7-8,16H,6,13H2,1H3,(H,14,15). The molecule has 1 heterocycles. The molecule has 1 aromatic heterocycles. The summed E-state index contributed by atoms with van der Waals surface area (Å²) < 4.78 is 0. The maximum atomic E-state index is 9.26. The zero-order valence-corrected chi connectivity index (χ0v) is 9.14. The maximum absolute atomic E-state index is 9.26. The molecule has 0 aliphatic heterocycles. The van der Waals surface area contributed by atoms with Crippen molar-refractivity contribution in [1.29, 1.82) is 0 Å². The first-order valence-corrected chi connectivity index (χ1v) is 5.23. The number of anilines is 2. The van der Waals surface area contributed by atoms with Gasteiger partial charge < -0.3 is 16.2 Å². The molecule has 1 atom stereocenters. The topological polar surface area (TPSA) is 71.2 Å². The highest BCUT2D eigenvalue weighted by molar-refractivity contribution is 5.96. The van der Waals surface area contributed by atoms with Crippen molar-refractivity contribution in [2.45, 2.75) is 13.0 Å². The van der Waals surface area contributed by atoms with E-state index in [-0.39, 0.29) is 0 Å². The van der Waals surface area contributed by atoms with Crippen LogP contribution in [0.1, 0.15) is 6.92 Å². The highest BCUT2D eigenvalue weighted by Gasteiger charge is 2.06. The smallest absolute Gasteiger partial charge is 0.0743 e. The molecule has 0 radical (unpaired) electrons. The van der Waals surface area contributed by atoms with Crippen molar-refractivity contribution in [2.24, 2.45) is 0 Å². The van der Waals surface area contributed by atoms with E-state index in [9.17, 15) is 5.11 Å². The Labute approximate surface area is 94.1 Å². The van der Waals surface area contributed by atoms with Gasteiger partial charge in [-0.2, -0.15) is 0 Å². The molecule has 0 fully saturated rings. The zero-order chi connectivity index (χ0) is 11.5. The fourth-order valence-corrected chi connectivity index (χ4v) is 1.60. The van der Waals surface area contributed by atoms with Crippen LogP contribution in [0.25, 0.3) is 10.9 Å². The predicted molar refractivity (Wildman–Crippen MR) is 66.3 cm³/mol. The second kappa shape index (κ2) is 4.37. The first-order chi connectivity index (χ1) is 7.68. The number of benzene rings is 1. The first-order valence-electron chi connectivity index (χ1n) is 5.23. The molecular formula is C12H15N3O. The van der Waals surface area contributed by atoms with E-state index in [2.05, 4.69) is 10.3 Å². The largest absolute Gasteiger partial charge is 0.396 e. The summed E-state index contributed by atoms with van der Waals surface area (Å²) in [6, 6.07) is 7.77. The van der Waals surface area contributed by atoms with Gasteiger partial charge in [0.05, 0.1) is 29.2 Å². The average molecular weight is 217 g/mol. The fraction of sp³-hybridized carbons (Fsp3) is 0.250. The number of para-hydroxylation sites is 1. The molecule has 4 nitrogen and oxygen atoms in total. The number of nitrogens with one attached hydrogen (secondary N) is 1. The summed E-state index contributed by atoms with van der Waals surface area (Å²) in [7, 11) is 0. The summed E-state index contributed by atoms with van der Waals surface area (Å²) in [6.45, 7) is 2.20. The zero-order valence-electron chi connectivity index (χ0n) is 9.14. The molecule has 4 heteroatoms. The number of nitrogen functional groups attached to an aromatic ring is 1. The van der Waals surface area contributed by atoms with Crippen molar-refractivity contribution in [3.63, 3.8) is 0 Å². The monoisotopic (exact) mass is 217 g/mol. The minimum Gasteiger partial charge on any atom is -0.396 e. The van der Waals surface area contributed by atoms with Crippen LogP contribution in [0.4, 0.5) is 11.4 Å². The van der Waals surface area contributed by atoms with Gasteiger partial charge in [-0.25, -0.2) is 0 Å². The van der Waals surface area contributed by atoms with Crippen molar-refractivity contribution >= 4 is 22.3 Å². The number of aromatic nitrogens is 1. The fourth-order valence-electron chi connectivity index (χ4n) is 1.60. The van der Waals surface area contributed by atoms with Gasteiger partial charge in [0.15, 0.2) is 0 Å². The predicted octanol–water partition coefficient (Wildman–Crippen LogP) is 1.61. The molecule has 1 unspecified atom stereocenters. The Kier molecular flexibility index (Phi) is 2.92. The summed E-state index contributed by atoms with van der Waals surface area (Å²) in [5, 5.41) is 13.4. The van der Waals surface area contributed by atoms with E-state index in [0.29, 0.717) is 12.2 Å². The lowest BCUT2D eigenvalue weighted by molar-refractivity contribution is 0.208. The van der Waals surface area contributed by atoms with Crippen LogP contribution in [0.5, 0.6) is 0 Å². The molecule has 16 heavy (non-hydrogen) atoms. The quantitative estimate of drug-likeness (QED) is 0.730. The Hall–Kier alpha value is -1.81. The van der Waals surface area contributed by atoms with E-state index in [0.717, 1.165) is 16.6 Å². The molecule has 2 rings (SSSR count). The summed E-state index contributed by atoms with van der Waals surface area (Å²) in [4.78, 5) is 4.24. The van der Waals surface area contributed by atoms with E-state index < -0.39 is 6.10 Å². The van der Waals surface area contributed by atoms with Crippen LogP contribution in [-0.2, 0) is 0 Å². The van der Waals surface area contributed by atoms with Crippen LogP contribution in [0, 0.1) is 0 Å². The Balaban J connectivity index is 2.44. The third-order valence-electron chi connectivity index (χ3n) is 2.38. The molecule has 0 aliphatic rings. The van der Waals surface area contributed by atoms with Crippen molar-refractivity contribution in [3.8, 4) is 0 Å². The summed E-state index contributed by atoms with van der Waals surface area (Å²) >= 11 is 0. The lowest BCUT2D eigenvalue weighted by atomic mass is 10.1. The van der Waals surface area contributed by atoms with Crippen LogP contribution in [-0.4, -0.2) is 22.7 Å². The van der Waals surface area contributed by atoms with Crippen molar-refractivity contribution in [1.82, 2.24) is 4.98 Å². The van der Waals surface area contributed by atoms with E-state index in [1.54, 1.807) is 13.1 Å². The lowest BCUT2D eigenvalue weighted by Gasteiger charge is -2.13. The molecule has 0 spiro atoms. The molecule has 84 valence electrons. The number of rotatable bonds is 3. The van der Waals surface area contributed by atoms with Gasteiger partial charge in [0.1, 0.15) is 0 Å². The first kappa shape index (κ1) is 10.7. The van der Waals surface area contributed by atoms with Gasteiger partial charge in [-0.3, -0.25) is 4.98 Å². The van der Waals surface area contributed by atoms with Gasteiger partial charge in [-0.15, -0.1) is 0 Å². The highest BCUT2D eigenvalue weighted by atomic mass is 16.3. The Morgan fingerprint density at radius 1 is 1.44 bits per heavy atom. The van der Waals surface area contributed by atoms with Gasteiger partial charge in [0, 0.05) is 11.9 Å². The van der Waals surface area contributed by atoms with Crippen LogP contribution < -0.4 is 11.1 Å². The number of nitrogens with zero attached hydrogens (tertiary/aromatic N) is 1. The second-order valence-corrected chi connectivity index (χ2v) is 3.84. The number of aliphatic hydroxyl groups excluding tert-OH is 1. The van der Waals surface area contributed by atoms with Gasteiger partial charge in [0.2, 0.25) is 0 Å². The minimum atomic E-state index is -0.411. The molecule has 4 N–H and O–H groups in total. The van der Waals surface area contributed by atoms with Crippen LogP contribution in [0.3, 0.4) is 0 Å². The van der Waals surface area contributed by atoms with E-state index >= 15 is 0 Å². The molecular weight excluding hydrogens is 202 g/mol. The Morgan fingerprint density at radius 2 is 2.19 bits per heavy atom. The molecule has 2 aromatic rings. The normalized spacial score (nSPS) is 12.6. The minimum absolute atomic E-state index is 0.411. The van der Waals surface area contributed by atoms with E-state index in [1.807, 2.05) is 24.3 Å². The van der Waals surface area contributed by atoms with Crippen molar-refractivity contribution < 1.29 is 5.11 Å². The van der Waals surface area contributed by atoms with Crippen LogP contribution >= 0.6 is 0 Å². The summed E-state index contributed by atoms with van der Waals surface area (Å²) in [5.41, 5.74) is 8.20. The van der Waals surface area contributed by atoms with Gasteiger partial charge >= 0.3 is 0 Å². The number of hydrogen-bond acceptors (Lipinski definition) is 4. The number of aliphatic hydroxyl groups is 1. The molecule has 0 bridgehead atoms. The SMILES string of the molecule is CC(O)CNc1c(N)cnc2ccccc12. The third kappa shape index (κ3) is 2.06. The van der Waals surface area contributed by atoms with Crippen molar-refractivity contribution in [2.75, 3.05) is 17.6 Å². The lowest BCUT2D eigenvalue weighted by Crippen LogP contribution is -2.16. The second-order valence-electron chi connectivity index (χ2n) is 3.84. The average Bonchev–Trinajstić information content (AvgIpc) is 2.27. The van der Waals surface area contributed by atoms with Crippen LogP contribution in [0.15, 0.2) is 30.5 Å². The Bertz CT molecular complexity index is 497. The number of pyridine rings is 1. The highest BCUT2D eigenvalue weighted by Crippen LogP contribution is 2.27. The molecule has 0 amide bonds.